The molecule has 0 unspecified atom stereocenters. The summed E-state index contributed by atoms with van der Waals surface area (Å²) in [5.41, 5.74) is 5.63. The second-order valence-electron chi connectivity index (χ2n) is 4.98. The highest BCUT2D eigenvalue weighted by atomic mass is 32.2. The highest BCUT2D eigenvalue weighted by molar-refractivity contribution is 7.85. The number of rotatable bonds is 7. The molecular weight excluding hydrogens is 306 g/mol. The largest absolute Gasteiger partial charge is 0.366 e. The summed E-state index contributed by atoms with van der Waals surface area (Å²) in [4.78, 5) is 12.2. The molecule has 0 aliphatic heterocycles. The Morgan fingerprint density at radius 3 is 2.05 bits per heavy atom. The van der Waals surface area contributed by atoms with Gasteiger partial charge in [0.2, 0.25) is 5.91 Å². The Morgan fingerprint density at radius 1 is 1.32 bits per heavy atom. The zero-order valence-corrected chi connectivity index (χ0v) is 15.5. The van der Waals surface area contributed by atoms with E-state index in [1.165, 1.54) is 0 Å². The molecular formula is C14H33N3O4S. The first-order valence-electron chi connectivity index (χ1n) is 7.16. The predicted octanol–water partition coefficient (Wildman–Crippen LogP) is 0.880. The normalized spacial score (nSPS) is 11.2. The van der Waals surface area contributed by atoms with Crippen LogP contribution in [-0.4, -0.2) is 64.3 Å². The van der Waals surface area contributed by atoms with Crippen LogP contribution in [0.15, 0.2) is 11.6 Å². The molecule has 0 heterocycles. The van der Waals surface area contributed by atoms with Gasteiger partial charge in [0.1, 0.15) is 0 Å². The van der Waals surface area contributed by atoms with E-state index in [1.54, 1.807) is 6.92 Å². The number of hydrogen-bond donors (Lipinski definition) is 3. The van der Waals surface area contributed by atoms with Crippen LogP contribution in [0.5, 0.6) is 0 Å². The fourth-order valence-electron chi connectivity index (χ4n) is 1.02. The molecule has 0 fully saturated rings. The molecule has 0 saturated heterocycles. The third-order valence-electron chi connectivity index (χ3n) is 2.14. The van der Waals surface area contributed by atoms with Crippen molar-refractivity contribution in [1.29, 1.82) is 0 Å². The molecule has 0 saturated carbocycles. The van der Waals surface area contributed by atoms with E-state index in [0.717, 1.165) is 12.8 Å². The number of amides is 1. The summed E-state index contributed by atoms with van der Waals surface area (Å²) in [6.07, 6.45) is 4.34. The van der Waals surface area contributed by atoms with Crippen LogP contribution in [0.3, 0.4) is 0 Å². The van der Waals surface area contributed by atoms with Crippen molar-refractivity contribution in [3.05, 3.63) is 11.6 Å². The lowest BCUT2D eigenvalue weighted by atomic mass is 10.2. The maximum Gasteiger partial charge on any atom is 0.264 e. The Hall–Kier alpha value is -0.960. The lowest BCUT2D eigenvalue weighted by Gasteiger charge is -2.06. The topological polar surface area (TPSA) is 113 Å². The van der Waals surface area contributed by atoms with Gasteiger partial charge in [0, 0.05) is 5.57 Å². The smallest absolute Gasteiger partial charge is 0.264 e. The summed E-state index contributed by atoms with van der Waals surface area (Å²) in [5.74, 6) is -0.464. The molecule has 0 radical (unpaired) electrons. The zero-order chi connectivity index (χ0) is 18.2. The van der Waals surface area contributed by atoms with Crippen molar-refractivity contribution >= 4 is 16.0 Å². The van der Waals surface area contributed by atoms with Crippen molar-refractivity contribution in [2.24, 2.45) is 5.73 Å². The highest BCUT2D eigenvalue weighted by Gasteiger charge is 2.02. The average Bonchev–Trinajstić information content (AvgIpc) is 2.35. The van der Waals surface area contributed by atoms with Crippen molar-refractivity contribution < 1.29 is 17.8 Å². The monoisotopic (exact) mass is 339 g/mol. The molecule has 134 valence electrons. The number of nitrogens with one attached hydrogen (secondary N) is 1. The molecule has 4 N–H and O–H groups in total. The van der Waals surface area contributed by atoms with Crippen LogP contribution in [0.25, 0.3) is 0 Å². The molecule has 22 heavy (non-hydrogen) atoms. The number of primary amides is 1. The number of unbranched alkanes of at least 4 members (excludes halogenated alkanes) is 1. The van der Waals surface area contributed by atoms with Crippen LogP contribution in [0.4, 0.5) is 0 Å². The van der Waals surface area contributed by atoms with Crippen LogP contribution in [0.2, 0.25) is 0 Å². The van der Waals surface area contributed by atoms with Crippen LogP contribution < -0.4 is 11.1 Å². The Morgan fingerprint density at radius 2 is 1.77 bits per heavy atom. The molecule has 0 rings (SSSR count). The molecule has 0 spiro atoms. The van der Waals surface area contributed by atoms with Crippen LogP contribution in [0, 0.1) is 0 Å². The molecule has 0 aromatic carbocycles. The van der Waals surface area contributed by atoms with Crippen LogP contribution >= 0.6 is 0 Å². The molecule has 0 atom stereocenters. The fourth-order valence-corrected chi connectivity index (χ4v) is 1.52. The standard InChI is InChI=1S/C7H13NO.C5H13NO3S.C2H7N/c1-3-4-5-6(2)7(8)9;1-6(2)4-3-5-10(7,8)9;1-3-2/h5H,3-4H2,1-2H3,(H2,8,9);3-5H2,1-2H3,(H,7,8,9);3H,1-2H3. The molecule has 0 aliphatic rings. The fraction of sp³-hybridized carbons (Fsp3) is 0.786. The number of carbonyl (C=O) groups excluding carboxylic acids is 1. The third kappa shape index (κ3) is 31.4. The minimum absolute atomic E-state index is 0.148. The number of nitrogens with zero attached hydrogens (tertiary/aromatic N) is 1. The Balaban J connectivity index is -0.000000279. The van der Waals surface area contributed by atoms with Gasteiger partial charge in [-0.1, -0.05) is 19.4 Å². The molecule has 0 bridgehead atoms. The number of hydrogen-bond acceptors (Lipinski definition) is 5. The highest BCUT2D eigenvalue weighted by Crippen LogP contribution is 1.95. The maximum atomic E-state index is 10.4. The van der Waals surface area contributed by atoms with Crippen molar-refractivity contribution in [2.45, 2.75) is 33.1 Å². The summed E-state index contributed by atoms with van der Waals surface area (Å²) in [6, 6.07) is 0. The van der Waals surface area contributed by atoms with Crippen LogP contribution in [0.1, 0.15) is 33.1 Å². The summed E-state index contributed by atoms with van der Waals surface area (Å²) in [5, 5.41) is 2.75. The van der Waals surface area contributed by atoms with Gasteiger partial charge in [0.05, 0.1) is 5.75 Å². The van der Waals surface area contributed by atoms with E-state index in [-0.39, 0.29) is 11.7 Å². The van der Waals surface area contributed by atoms with Gasteiger partial charge in [-0.15, -0.1) is 0 Å². The van der Waals surface area contributed by atoms with Gasteiger partial charge >= 0.3 is 0 Å². The Kier molecular flexibility index (Phi) is 19.4. The number of nitrogens with two attached hydrogens (primary N) is 1. The van der Waals surface area contributed by atoms with Crippen molar-refractivity contribution in [1.82, 2.24) is 10.2 Å². The molecule has 0 aromatic rings. The van der Waals surface area contributed by atoms with Crippen LogP contribution in [-0.2, 0) is 14.9 Å². The van der Waals surface area contributed by atoms with E-state index < -0.39 is 10.1 Å². The quantitative estimate of drug-likeness (QED) is 0.469. The lowest BCUT2D eigenvalue weighted by molar-refractivity contribution is -0.114. The van der Waals surface area contributed by atoms with Gasteiger partial charge in [-0.05, 0) is 54.5 Å². The van der Waals surface area contributed by atoms with Crippen molar-refractivity contribution in [3.8, 4) is 0 Å². The molecule has 0 aromatic heterocycles. The number of carbonyl (C=O) groups is 1. The van der Waals surface area contributed by atoms with Crippen molar-refractivity contribution in [2.75, 3.05) is 40.5 Å². The minimum Gasteiger partial charge on any atom is -0.366 e. The van der Waals surface area contributed by atoms with E-state index in [0.29, 0.717) is 18.5 Å². The lowest BCUT2D eigenvalue weighted by Crippen LogP contribution is -2.16. The van der Waals surface area contributed by atoms with Gasteiger partial charge in [-0.3, -0.25) is 9.35 Å². The second-order valence-corrected chi connectivity index (χ2v) is 6.56. The van der Waals surface area contributed by atoms with Gasteiger partial charge in [0.15, 0.2) is 0 Å². The summed E-state index contributed by atoms with van der Waals surface area (Å²) < 4.78 is 28.6. The minimum atomic E-state index is -3.75. The first-order valence-corrected chi connectivity index (χ1v) is 8.77. The van der Waals surface area contributed by atoms with Gasteiger partial charge in [0.25, 0.3) is 10.1 Å². The van der Waals surface area contributed by atoms with E-state index in [1.807, 2.05) is 39.2 Å². The van der Waals surface area contributed by atoms with Gasteiger partial charge in [-0.25, -0.2) is 0 Å². The zero-order valence-electron chi connectivity index (χ0n) is 14.7. The summed E-state index contributed by atoms with van der Waals surface area (Å²) in [6.45, 7) is 4.47. The van der Waals surface area contributed by atoms with E-state index in [2.05, 4.69) is 12.2 Å². The average molecular weight is 340 g/mol. The first kappa shape index (κ1) is 26.0. The molecule has 0 aliphatic carbocycles. The number of allylic oxidation sites excluding steroid dienone is 1. The SMILES string of the molecule is CCCC=C(C)C(N)=O.CN(C)CCCS(=O)(=O)O.CNC. The summed E-state index contributed by atoms with van der Waals surface area (Å²) >= 11 is 0. The first-order chi connectivity index (χ1) is 10.0. The Bertz CT molecular complexity index is 393. The molecule has 8 heteroatoms. The molecule has 7 nitrogen and oxygen atoms in total. The molecule has 1 amide bonds. The maximum absolute atomic E-state index is 10.4. The van der Waals surface area contributed by atoms with Gasteiger partial charge in [-0.2, -0.15) is 8.42 Å². The third-order valence-corrected chi connectivity index (χ3v) is 2.94. The second kappa shape index (κ2) is 16.4. The summed E-state index contributed by atoms with van der Waals surface area (Å²) in [7, 11) is 3.71. The van der Waals surface area contributed by atoms with E-state index in [9.17, 15) is 13.2 Å². The van der Waals surface area contributed by atoms with E-state index >= 15 is 0 Å². The predicted molar refractivity (Wildman–Crippen MR) is 92.4 cm³/mol. The van der Waals surface area contributed by atoms with Gasteiger partial charge < -0.3 is 16.0 Å². The van der Waals surface area contributed by atoms with Crippen molar-refractivity contribution in [3.63, 3.8) is 0 Å². The Labute approximate surface area is 135 Å². The van der Waals surface area contributed by atoms with E-state index in [4.69, 9.17) is 10.3 Å².